The van der Waals surface area contributed by atoms with Gasteiger partial charge in [0.15, 0.2) is 5.16 Å². The molecule has 0 saturated heterocycles. The van der Waals surface area contributed by atoms with Gasteiger partial charge in [0.2, 0.25) is 0 Å². The van der Waals surface area contributed by atoms with E-state index in [0.29, 0.717) is 10.7 Å². The van der Waals surface area contributed by atoms with Crippen LogP contribution in [-0.4, -0.2) is 19.7 Å². The van der Waals surface area contributed by atoms with Crippen molar-refractivity contribution in [3.63, 3.8) is 0 Å². The van der Waals surface area contributed by atoms with E-state index in [1.165, 1.54) is 11.8 Å². The minimum atomic E-state index is -0.0933. The summed E-state index contributed by atoms with van der Waals surface area (Å²) < 4.78 is 1.84. The molecule has 23 heavy (non-hydrogen) atoms. The van der Waals surface area contributed by atoms with Gasteiger partial charge in [-0.05, 0) is 13.8 Å². The Morgan fingerprint density at radius 3 is 2.61 bits per heavy atom. The first-order valence-corrected chi connectivity index (χ1v) is 8.31. The molecule has 0 atom stereocenters. The van der Waals surface area contributed by atoms with E-state index in [9.17, 15) is 4.79 Å². The average Bonchev–Trinajstić information content (AvgIpc) is 2.88. The van der Waals surface area contributed by atoms with Crippen LogP contribution in [0.2, 0.25) is 0 Å². The van der Waals surface area contributed by atoms with E-state index in [2.05, 4.69) is 15.1 Å². The lowest BCUT2D eigenvalue weighted by Crippen LogP contribution is -2.14. The van der Waals surface area contributed by atoms with Crippen molar-refractivity contribution in [2.45, 2.75) is 24.8 Å². The fraction of sp³-hybridized carbons (Fsp3) is 0.235. The molecule has 3 aromatic rings. The zero-order chi connectivity index (χ0) is 16.4. The highest BCUT2D eigenvalue weighted by Crippen LogP contribution is 2.24. The molecular weight excluding hydrogens is 308 g/mol. The average molecular weight is 326 g/mol. The van der Waals surface area contributed by atoms with Crippen LogP contribution in [0.1, 0.15) is 16.8 Å². The summed E-state index contributed by atoms with van der Waals surface area (Å²) in [5, 5.41) is 4.86. The molecule has 0 radical (unpaired) electrons. The second-order valence-corrected chi connectivity index (χ2v) is 6.34. The Balaban J connectivity index is 1.90. The van der Waals surface area contributed by atoms with Gasteiger partial charge in [0.1, 0.15) is 0 Å². The van der Waals surface area contributed by atoms with Crippen molar-refractivity contribution in [3.05, 3.63) is 63.7 Å². The monoisotopic (exact) mass is 326 g/mol. The first-order chi connectivity index (χ1) is 11.1. The molecule has 0 aliphatic heterocycles. The van der Waals surface area contributed by atoms with E-state index in [0.717, 1.165) is 28.3 Å². The van der Waals surface area contributed by atoms with Crippen molar-refractivity contribution in [1.82, 2.24) is 19.7 Å². The number of aryl methyl sites for hydroxylation is 1. The van der Waals surface area contributed by atoms with Crippen LogP contribution in [0.3, 0.4) is 0 Å². The highest BCUT2D eigenvalue weighted by Gasteiger charge is 2.11. The van der Waals surface area contributed by atoms with Crippen LogP contribution < -0.4 is 5.56 Å². The summed E-state index contributed by atoms with van der Waals surface area (Å²) in [6.45, 7) is 3.83. The second kappa shape index (κ2) is 6.42. The summed E-state index contributed by atoms with van der Waals surface area (Å²) in [5.41, 5.74) is 4.50. The topological polar surface area (TPSA) is 63.6 Å². The summed E-state index contributed by atoms with van der Waals surface area (Å²) in [4.78, 5) is 19.7. The number of hydrogen-bond acceptors (Lipinski definition) is 4. The maximum atomic E-state index is 12.2. The Bertz CT molecular complexity index is 883. The number of thioether (sulfide) groups is 1. The Morgan fingerprint density at radius 1 is 1.22 bits per heavy atom. The van der Waals surface area contributed by atoms with Crippen molar-refractivity contribution < 1.29 is 0 Å². The Hall–Kier alpha value is -2.34. The number of aromatic amines is 1. The molecule has 1 aromatic carbocycles. The SMILES string of the molecule is Cc1c(-c2ccccc2)nc(SCc2cnn(C)c2C)[nH]c1=O. The second-order valence-electron chi connectivity index (χ2n) is 5.38. The molecule has 118 valence electrons. The Labute approximate surface area is 138 Å². The van der Waals surface area contributed by atoms with Gasteiger partial charge in [0.05, 0.1) is 11.9 Å². The zero-order valence-electron chi connectivity index (χ0n) is 13.3. The smallest absolute Gasteiger partial charge is 0.255 e. The van der Waals surface area contributed by atoms with E-state index in [4.69, 9.17) is 0 Å². The summed E-state index contributed by atoms with van der Waals surface area (Å²) in [5.74, 6) is 0.722. The number of nitrogens with one attached hydrogen (secondary N) is 1. The molecule has 0 aliphatic carbocycles. The summed E-state index contributed by atoms with van der Waals surface area (Å²) in [6, 6.07) is 9.78. The fourth-order valence-electron chi connectivity index (χ4n) is 2.29. The number of nitrogens with zero attached hydrogens (tertiary/aromatic N) is 3. The standard InChI is InChI=1S/C17H18N4OS/c1-11-15(13-7-5-4-6-8-13)19-17(20-16(11)22)23-10-14-9-18-21(3)12(14)2/h4-9H,10H2,1-3H3,(H,19,20,22). The molecule has 3 rings (SSSR count). The molecule has 2 heterocycles. The lowest BCUT2D eigenvalue weighted by Gasteiger charge is -2.07. The van der Waals surface area contributed by atoms with Crippen LogP contribution in [0.25, 0.3) is 11.3 Å². The van der Waals surface area contributed by atoms with E-state index in [1.54, 1.807) is 6.92 Å². The van der Waals surface area contributed by atoms with Crippen LogP contribution in [-0.2, 0) is 12.8 Å². The zero-order valence-corrected chi connectivity index (χ0v) is 14.1. The molecule has 5 nitrogen and oxygen atoms in total. The minimum Gasteiger partial charge on any atom is -0.301 e. The molecule has 6 heteroatoms. The highest BCUT2D eigenvalue weighted by atomic mass is 32.2. The maximum Gasteiger partial charge on any atom is 0.255 e. The largest absolute Gasteiger partial charge is 0.301 e. The normalized spacial score (nSPS) is 10.9. The van der Waals surface area contributed by atoms with Gasteiger partial charge in [-0.2, -0.15) is 5.10 Å². The molecule has 1 N–H and O–H groups in total. The highest BCUT2D eigenvalue weighted by molar-refractivity contribution is 7.98. The molecule has 0 saturated carbocycles. The number of benzene rings is 1. The van der Waals surface area contributed by atoms with Crippen LogP contribution in [0.15, 0.2) is 46.5 Å². The van der Waals surface area contributed by atoms with Crippen LogP contribution in [0.5, 0.6) is 0 Å². The third-order valence-corrected chi connectivity index (χ3v) is 4.80. The quantitative estimate of drug-likeness (QED) is 0.591. The fourth-order valence-corrected chi connectivity index (χ4v) is 3.19. The molecular formula is C17H18N4OS. The Morgan fingerprint density at radius 2 is 1.96 bits per heavy atom. The van der Waals surface area contributed by atoms with E-state index in [1.807, 2.05) is 55.2 Å². The van der Waals surface area contributed by atoms with Crippen LogP contribution in [0.4, 0.5) is 0 Å². The number of aromatic nitrogens is 4. The predicted molar refractivity (Wildman–Crippen MR) is 92.5 cm³/mol. The van der Waals surface area contributed by atoms with Crippen LogP contribution in [0, 0.1) is 13.8 Å². The third kappa shape index (κ3) is 3.22. The number of hydrogen-bond donors (Lipinski definition) is 1. The summed E-state index contributed by atoms with van der Waals surface area (Å²) >= 11 is 1.51. The van der Waals surface area contributed by atoms with Gasteiger partial charge >= 0.3 is 0 Å². The lowest BCUT2D eigenvalue weighted by atomic mass is 10.1. The minimum absolute atomic E-state index is 0.0933. The van der Waals surface area contributed by atoms with Gasteiger partial charge in [-0.15, -0.1) is 0 Å². The molecule has 0 spiro atoms. The summed E-state index contributed by atoms with van der Waals surface area (Å²) in [7, 11) is 1.92. The number of H-pyrrole nitrogens is 1. The van der Waals surface area contributed by atoms with Crippen molar-refractivity contribution in [2.75, 3.05) is 0 Å². The molecule has 0 bridgehead atoms. The Kier molecular flexibility index (Phi) is 4.34. The lowest BCUT2D eigenvalue weighted by molar-refractivity contribution is 0.739. The predicted octanol–water partition coefficient (Wildman–Crippen LogP) is 3.08. The number of rotatable bonds is 4. The van der Waals surface area contributed by atoms with Crippen LogP contribution >= 0.6 is 11.8 Å². The van der Waals surface area contributed by atoms with Crippen molar-refractivity contribution in [2.24, 2.45) is 7.05 Å². The maximum absolute atomic E-state index is 12.2. The van der Waals surface area contributed by atoms with E-state index >= 15 is 0 Å². The van der Waals surface area contributed by atoms with Gasteiger partial charge in [0, 0.05) is 35.2 Å². The molecule has 0 fully saturated rings. The third-order valence-electron chi connectivity index (χ3n) is 3.88. The van der Waals surface area contributed by atoms with Gasteiger partial charge < -0.3 is 4.98 Å². The van der Waals surface area contributed by atoms with Crippen molar-refractivity contribution >= 4 is 11.8 Å². The first-order valence-electron chi connectivity index (χ1n) is 7.33. The van der Waals surface area contributed by atoms with Gasteiger partial charge in [0.25, 0.3) is 5.56 Å². The molecule has 0 amide bonds. The van der Waals surface area contributed by atoms with Gasteiger partial charge in [-0.1, -0.05) is 42.1 Å². The van der Waals surface area contributed by atoms with Crippen molar-refractivity contribution in [1.29, 1.82) is 0 Å². The van der Waals surface area contributed by atoms with Gasteiger partial charge in [-0.3, -0.25) is 9.48 Å². The van der Waals surface area contributed by atoms with Gasteiger partial charge in [-0.25, -0.2) is 4.98 Å². The molecule has 0 unspecified atom stereocenters. The molecule has 2 aromatic heterocycles. The van der Waals surface area contributed by atoms with E-state index in [-0.39, 0.29) is 5.56 Å². The first kappa shape index (κ1) is 15.6. The van der Waals surface area contributed by atoms with E-state index < -0.39 is 0 Å². The molecule has 0 aliphatic rings. The summed E-state index contributed by atoms with van der Waals surface area (Å²) in [6.07, 6.45) is 1.85. The van der Waals surface area contributed by atoms with Crippen molar-refractivity contribution in [3.8, 4) is 11.3 Å².